The Morgan fingerprint density at radius 3 is 0.862 bits per heavy atom. The Hall–Kier alpha value is 0.628. The monoisotopic (exact) mass is 484 g/mol. The standard InChI is InChI=1S/C19H48O6Si4/c1-16(27(10,20-4)21-5)13-19(26,14-17(2)28(11,22-6)23-7)15-18(3)29(12,24-8)25-9/h16-18H,13-15H2,1-12,26H3. The van der Waals surface area contributed by atoms with Crippen molar-refractivity contribution in [2.75, 3.05) is 42.7 Å². The molecular weight excluding hydrogens is 437 g/mol. The van der Waals surface area contributed by atoms with Gasteiger partial charge in [0.15, 0.2) is 0 Å². The van der Waals surface area contributed by atoms with Crippen LogP contribution in [0.4, 0.5) is 0 Å². The summed E-state index contributed by atoms with van der Waals surface area (Å²) in [4.78, 5) is 0. The first-order valence-corrected chi connectivity index (χ1v) is 18.7. The molecule has 29 heavy (non-hydrogen) atoms. The van der Waals surface area contributed by atoms with Gasteiger partial charge in [0.25, 0.3) is 0 Å². The summed E-state index contributed by atoms with van der Waals surface area (Å²) in [7, 11) is 5.11. The SMILES string of the molecule is CO[Si](C)(OC)C(C)CC([SiH3])(CC(C)[Si](C)(OC)OC)CC(C)[Si](C)(OC)OC. The lowest BCUT2D eigenvalue weighted by atomic mass is 9.91. The van der Waals surface area contributed by atoms with Crippen molar-refractivity contribution >= 4 is 35.9 Å². The fourth-order valence-electron chi connectivity index (χ4n) is 4.48. The molecule has 176 valence electrons. The summed E-state index contributed by atoms with van der Waals surface area (Å²) in [5.74, 6) is 0. The molecule has 3 atom stereocenters. The maximum Gasteiger partial charge on any atom is 0.337 e. The predicted molar refractivity (Wildman–Crippen MR) is 132 cm³/mol. The maximum atomic E-state index is 5.87. The second-order valence-electron chi connectivity index (χ2n) is 9.40. The molecule has 0 N–H and O–H groups in total. The number of hydrogen-bond donors (Lipinski definition) is 0. The van der Waals surface area contributed by atoms with Crippen molar-refractivity contribution in [3.05, 3.63) is 0 Å². The summed E-state index contributed by atoms with van der Waals surface area (Å²) in [5.41, 5.74) is 1.14. The maximum absolute atomic E-state index is 5.87. The van der Waals surface area contributed by atoms with E-state index in [4.69, 9.17) is 26.6 Å². The van der Waals surface area contributed by atoms with Gasteiger partial charge in [-0.3, -0.25) is 0 Å². The highest BCUT2D eigenvalue weighted by Crippen LogP contribution is 2.52. The Balaban J connectivity index is 5.85. The second-order valence-corrected chi connectivity index (χ2v) is 23.0. The summed E-state index contributed by atoms with van der Waals surface area (Å²) in [6.07, 6.45) is 3.23. The van der Waals surface area contributed by atoms with Gasteiger partial charge in [-0.25, -0.2) is 0 Å². The van der Waals surface area contributed by atoms with Crippen LogP contribution in [0, 0.1) is 0 Å². The molecule has 0 fully saturated rings. The molecule has 0 aliphatic carbocycles. The van der Waals surface area contributed by atoms with Crippen LogP contribution in [-0.4, -0.2) is 78.6 Å². The van der Waals surface area contributed by atoms with E-state index in [1.54, 1.807) is 42.7 Å². The summed E-state index contributed by atoms with van der Waals surface area (Å²) in [6, 6.07) is 0. The lowest BCUT2D eigenvalue weighted by Gasteiger charge is -2.44. The van der Waals surface area contributed by atoms with Crippen molar-refractivity contribution in [1.82, 2.24) is 0 Å². The first-order valence-electron chi connectivity index (χ1n) is 10.6. The first-order chi connectivity index (χ1) is 13.2. The molecule has 0 radical (unpaired) electrons. The van der Waals surface area contributed by atoms with Crippen LogP contribution < -0.4 is 0 Å². The Morgan fingerprint density at radius 1 is 0.552 bits per heavy atom. The molecular formula is C19H48O6Si4. The highest BCUT2D eigenvalue weighted by Gasteiger charge is 2.47. The summed E-state index contributed by atoms with van der Waals surface area (Å²) >= 11 is 0. The molecule has 0 heterocycles. The molecule has 0 aromatic carbocycles. The molecule has 0 aromatic heterocycles. The smallest absolute Gasteiger partial charge is 0.337 e. The van der Waals surface area contributed by atoms with E-state index in [1.807, 2.05) is 0 Å². The van der Waals surface area contributed by atoms with E-state index in [9.17, 15) is 0 Å². The van der Waals surface area contributed by atoms with E-state index in [2.05, 4.69) is 40.4 Å². The Bertz CT molecular complexity index is 405. The van der Waals surface area contributed by atoms with Gasteiger partial charge in [0, 0.05) is 52.9 Å². The Labute approximate surface area is 186 Å². The molecule has 0 aliphatic rings. The van der Waals surface area contributed by atoms with Crippen LogP contribution in [0.2, 0.25) is 41.3 Å². The van der Waals surface area contributed by atoms with Crippen LogP contribution >= 0.6 is 0 Å². The summed E-state index contributed by atoms with van der Waals surface area (Å²) < 4.78 is 35.2. The van der Waals surface area contributed by atoms with Gasteiger partial charge < -0.3 is 26.6 Å². The van der Waals surface area contributed by atoms with Gasteiger partial charge in [-0.15, -0.1) is 0 Å². The van der Waals surface area contributed by atoms with Crippen molar-refractivity contribution in [2.45, 2.75) is 81.3 Å². The van der Waals surface area contributed by atoms with Gasteiger partial charge in [0.2, 0.25) is 0 Å². The third kappa shape index (κ3) is 7.62. The zero-order valence-electron chi connectivity index (χ0n) is 21.3. The van der Waals surface area contributed by atoms with Gasteiger partial charge in [-0.1, -0.05) is 20.8 Å². The lowest BCUT2D eigenvalue weighted by Crippen LogP contribution is -2.46. The average molecular weight is 485 g/mol. The van der Waals surface area contributed by atoms with Crippen molar-refractivity contribution in [1.29, 1.82) is 0 Å². The van der Waals surface area contributed by atoms with E-state index in [1.165, 1.54) is 0 Å². The highest BCUT2D eigenvalue weighted by atomic mass is 28.4. The quantitative estimate of drug-likeness (QED) is 0.328. The molecule has 0 amide bonds. The van der Waals surface area contributed by atoms with Crippen LogP contribution in [0.25, 0.3) is 0 Å². The molecule has 0 saturated carbocycles. The molecule has 6 nitrogen and oxygen atoms in total. The van der Waals surface area contributed by atoms with E-state index in [-0.39, 0.29) is 5.04 Å². The Morgan fingerprint density at radius 2 is 0.724 bits per heavy atom. The van der Waals surface area contributed by atoms with E-state index in [0.29, 0.717) is 16.6 Å². The van der Waals surface area contributed by atoms with E-state index >= 15 is 0 Å². The van der Waals surface area contributed by atoms with E-state index in [0.717, 1.165) is 29.5 Å². The predicted octanol–water partition coefficient (Wildman–Crippen LogP) is 3.95. The topological polar surface area (TPSA) is 55.4 Å². The van der Waals surface area contributed by atoms with Gasteiger partial charge in [0.05, 0.1) is 0 Å². The molecule has 0 aromatic rings. The molecule has 3 unspecified atom stereocenters. The average Bonchev–Trinajstić information content (AvgIpc) is 2.70. The first kappa shape index (κ1) is 29.6. The van der Waals surface area contributed by atoms with Crippen LogP contribution in [0.1, 0.15) is 40.0 Å². The van der Waals surface area contributed by atoms with Crippen LogP contribution in [-0.2, 0) is 26.6 Å². The number of rotatable bonds is 15. The summed E-state index contributed by atoms with van der Waals surface area (Å²) in [6.45, 7) is 13.4. The number of hydrogen-bond acceptors (Lipinski definition) is 6. The normalized spacial score (nSPS) is 19.0. The van der Waals surface area contributed by atoms with Gasteiger partial charge >= 0.3 is 25.7 Å². The zero-order valence-corrected chi connectivity index (χ0v) is 26.3. The molecule has 0 rings (SSSR count). The van der Waals surface area contributed by atoms with Gasteiger partial charge in [0.1, 0.15) is 0 Å². The third-order valence-corrected chi connectivity index (χ3v) is 19.6. The zero-order chi connectivity index (χ0) is 23.1. The van der Waals surface area contributed by atoms with Crippen LogP contribution in [0.5, 0.6) is 0 Å². The fraction of sp³-hybridized carbons (Fsp3) is 1.00. The van der Waals surface area contributed by atoms with Gasteiger partial charge in [-0.2, -0.15) is 0 Å². The minimum atomic E-state index is -2.22. The largest absolute Gasteiger partial charge is 0.398 e. The molecule has 0 saturated heterocycles. The van der Waals surface area contributed by atoms with Crippen LogP contribution in [0.3, 0.4) is 0 Å². The minimum Gasteiger partial charge on any atom is -0.398 e. The van der Waals surface area contributed by atoms with Crippen molar-refractivity contribution in [3.8, 4) is 0 Å². The summed E-state index contributed by atoms with van der Waals surface area (Å²) in [5, 5.41) is 0.195. The molecule has 0 aliphatic heterocycles. The lowest BCUT2D eigenvalue weighted by molar-refractivity contribution is 0.213. The Kier molecular flexibility index (Phi) is 12.3. The third-order valence-electron chi connectivity index (χ3n) is 7.51. The van der Waals surface area contributed by atoms with Gasteiger partial charge in [-0.05, 0) is 60.6 Å². The fourth-order valence-corrected chi connectivity index (χ4v) is 13.0. The van der Waals surface area contributed by atoms with Crippen molar-refractivity contribution in [2.24, 2.45) is 0 Å². The molecule has 10 heteroatoms. The molecule has 0 bridgehead atoms. The minimum absolute atomic E-state index is 0.195. The van der Waals surface area contributed by atoms with Crippen LogP contribution in [0.15, 0.2) is 0 Å². The van der Waals surface area contributed by atoms with Crippen molar-refractivity contribution < 1.29 is 26.6 Å². The van der Waals surface area contributed by atoms with Crippen molar-refractivity contribution in [3.63, 3.8) is 0 Å². The van der Waals surface area contributed by atoms with E-state index < -0.39 is 25.7 Å². The second kappa shape index (κ2) is 12.0. The highest BCUT2D eigenvalue weighted by molar-refractivity contribution is 6.68. The molecule has 0 spiro atoms.